The molecular weight excluding hydrogens is 182 g/mol. The maximum atomic E-state index is 11.7. The molecule has 5 nitrogen and oxygen atoms in total. The number of hydrogen-bond acceptors (Lipinski definition) is 3. The highest BCUT2D eigenvalue weighted by atomic mass is 16.5. The lowest BCUT2D eigenvalue weighted by molar-refractivity contribution is -0.122. The quantitative estimate of drug-likeness (QED) is 0.732. The topological polar surface area (TPSA) is 67.0 Å². The summed E-state index contributed by atoms with van der Waals surface area (Å²) in [6.07, 6.45) is 4.88. The molecule has 0 unspecified atom stereocenters. The van der Waals surface area contributed by atoms with Crippen LogP contribution in [0.1, 0.15) is 12.8 Å². The van der Waals surface area contributed by atoms with Crippen LogP contribution in [0.2, 0.25) is 0 Å². The van der Waals surface area contributed by atoms with Gasteiger partial charge in [0.25, 0.3) is 0 Å². The van der Waals surface area contributed by atoms with Gasteiger partial charge in [0.05, 0.1) is 11.9 Å². The van der Waals surface area contributed by atoms with Crippen molar-refractivity contribution in [1.82, 2.24) is 10.2 Å². The number of carbonyl (C=O) groups is 1. The second-order valence-corrected chi connectivity index (χ2v) is 3.36. The molecule has 1 aliphatic heterocycles. The van der Waals surface area contributed by atoms with Crippen LogP contribution in [0.25, 0.3) is 0 Å². The lowest BCUT2D eigenvalue weighted by Gasteiger charge is -2.20. The van der Waals surface area contributed by atoms with Crippen LogP contribution in [-0.2, 0) is 9.53 Å². The lowest BCUT2D eigenvalue weighted by atomic mass is 9.99. The van der Waals surface area contributed by atoms with Gasteiger partial charge in [-0.1, -0.05) is 0 Å². The highest BCUT2D eigenvalue weighted by Crippen LogP contribution is 2.16. The average molecular weight is 195 g/mol. The predicted octanol–water partition coefficient (Wildman–Crippen LogP) is 0.775. The van der Waals surface area contributed by atoms with Gasteiger partial charge in [-0.15, -0.1) is 0 Å². The summed E-state index contributed by atoms with van der Waals surface area (Å²) in [6.45, 7) is 1.37. The number of H-pyrrole nitrogens is 1. The first-order chi connectivity index (χ1) is 6.86. The summed E-state index contributed by atoms with van der Waals surface area (Å²) in [5, 5.41) is 9.21. The van der Waals surface area contributed by atoms with Gasteiger partial charge in [-0.05, 0) is 12.8 Å². The van der Waals surface area contributed by atoms with Crippen LogP contribution >= 0.6 is 0 Å². The molecule has 1 amide bonds. The van der Waals surface area contributed by atoms with Crippen molar-refractivity contribution in [3.8, 4) is 0 Å². The number of rotatable bonds is 2. The number of hydrogen-bond donors (Lipinski definition) is 2. The first-order valence-corrected chi connectivity index (χ1v) is 4.73. The third-order valence-electron chi connectivity index (χ3n) is 2.36. The lowest BCUT2D eigenvalue weighted by Crippen LogP contribution is -2.28. The molecule has 14 heavy (non-hydrogen) atoms. The molecule has 1 fully saturated rings. The molecule has 1 saturated heterocycles. The van der Waals surface area contributed by atoms with E-state index in [1.807, 2.05) is 0 Å². The fraction of sp³-hybridized carbons (Fsp3) is 0.556. The summed E-state index contributed by atoms with van der Waals surface area (Å²) in [7, 11) is 0. The van der Waals surface area contributed by atoms with Gasteiger partial charge in [0, 0.05) is 25.3 Å². The van der Waals surface area contributed by atoms with Gasteiger partial charge in [-0.3, -0.25) is 9.89 Å². The molecule has 0 saturated carbocycles. The van der Waals surface area contributed by atoms with Crippen molar-refractivity contribution < 1.29 is 9.53 Å². The summed E-state index contributed by atoms with van der Waals surface area (Å²) in [4.78, 5) is 11.7. The molecule has 0 bridgehead atoms. The Bertz CT molecular complexity index is 291. The summed E-state index contributed by atoms with van der Waals surface area (Å²) < 4.78 is 5.19. The van der Waals surface area contributed by atoms with Gasteiger partial charge in [0.2, 0.25) is 5.91 Å². The fourth-order valence-electron chi connectivity index (χ4n) is 1.52. The number of aromatic amines is 1. The van der Waals surface area contributed by atoms with Crippen LogP contribution < -0.4 is 5.32 Å². The van der Waals surface area contributed by atoms with Crippen molar-refractivity contribution in [2.45, 2.75) is 12.8 Å². The van der Waals surface area contributed by atoms with E-state index in [0.29, 0.717) is 13.2 Å². The Kier molecular flexibility index (Phi) is 2.78. The monoisotopic (exact) mass is 195 g/mol. The van der Waals surface area contributed by atoms with Gasteiger partial charge < -0.3 is 10.1 Å². The number of carbonyl (C=O) groups excluding carboxylic acids is 1. The van der Waals surface area contributed by atoms with E-state index in [-0.39, 0.29) is 11.8 Å². The Morgan fingerprint density at radius 2 is 2.36 bits per heavy atom. The molecule has 2 rings (SSSR count). The summed E-state index contributed by atoms with van der Waals surface area (Å²) in [5.74, 6) is 0.147. The zero-order valence-electron chi connectivity index (χ0n) is 7.82. The van der Waals surface area contributed by atoms with E-state index in [1.54, 1.807) is 12.4 Å². The van der Waals surface area contributed by atoms with Crippen molar-refractivity contribution >= 4 is 11.6 Å². The molecule has 1 aromatic heterocycles. The fourth-order valence-corrected chi connectivity index (χ4v) is 1.52. The Labute approximate surface area is 81.8 Å². The maximum Gasteiger partial charge on any atom is 0.227 e. The molecule has 0 radical (unpaired) electrons. The second-order valence-electron chi connectivity index (χ2n) is 3.36. The molecule has 1 aliphatic rings. The molecule has 0 spiro atoms. The van der Waals surface area contributed by atoms with E-state index >= 15 is 0 Å². The number of nitrogens with zero attached hydrogens (tertiary/aromatic N) is 1. The van der Waals surface area contributed by atoms with Crippen LogP contribution in [0.5, 0.6) is 0 Å². The highest BCUT2D eigenvalue weighted by molar-refractivity contribution is 5.92. The van der Waals surface area contributed by atoms with E-state index in [9.17, 15) is 4.79 Å². The minimum absolute atomic E-state index is 0.0645. The van der Waals surface area contributed by atoms with Crippen LogP contribution in [0, 0.1) is 5.92 Å². The highest BCUT2D eigenvalue weighted by Gasteiger charge is 2.21. The van der Waals surface area contributed by atoms with E-state index in [1.165, 1.54) is 0 Å². The third kappa shape index (κ3) is 2.11. The normalized spacial score (nSPS) is 18.0. The third-order valence-corrected chi connectivity index (χ3v) is 2.36. The molecule has 0 aromatic carbocycles. The number of aromatic nitrogens is 2. The summed E-state index contributed by atoms with van der Waals surface area (Å²) in [5.41, 5.74) is 0.724. The van der Waals surface area contributed by atoms with Crippen LogP contribution in [-0.4, -0.2) is 29.3 Å². The van der Waals surface area contributed by atoms with E-state index in [0.717, 1.165) is 18.5 Å². The van der Waals surface area contributed by atoms with E-state index in [2.05, 4.69) is 15.5 Å². The first-order valence-electron chi connectivity index (χ1n) is 4.73. The number of ether oxygens (including phenoxy) is 1. The molecule has 0 atom stereocenters. The minimum Gasteiger partial charge on any atom is -0.381 e. The minimum atomic E-state index is 0.0645. The zero-order valence-corrected chi connectivity index (χ0v) is 7.82. The van der Waals surface area contributed by atoms with E-state index in [4.69, 9.17) is 4.74 Å². The summed E-state index contributed by atoms with van der Waals surface area (Å²) >= 11 is 0. The molecule has 2 N–H and O–H groups in total. The Hall–Kier alpha value is -1.36. The predicted molar refractivity (Wildman–Crippen MR) is 50.8 cm³/mol. The average Bonchev–Trinajstić information content (AvgIpc) is 2.72. The molecule has 0 aliphatic carbocycles. The van der Waals surface area contributed by atoms with Gasteiger partial charge in [-0.2, -0.15) is 5.10 Å². The SMILES string of the molecule is O=C(Nc1cn[nH]c1)C1CCOCC1. The van der Waals surface area contributed by atoms with Gasteiger partial charge in [-0.25, -0.2) is 0 Å². The molecule has 5 heteroatoms. The number of amides is 1. The largest absolute Gasteiger partial charge is 0.381 e. The first kappa shape index (κ1) is 9.21. The van der Waals surface area contributed by atoms with Gasteiger partial charge in [0.1, 0.15) is 0 Å². The van der Waals surface area contributed by atoms with Crippen LogP contribution in [0.3, 0.4) is 0 Å². The Morgan fingerprint density at radius 1 is 1.57 bits per heavy atom. The van der Waals surface area contributed by atoms with Gasteiger partial charge in [0.15, 0.2) is 0 Å². The molecule has 1 aromatic rings. The van der Waals surface area contributed by atoms with E-state index < -0.39 is 0 Å². The second kappa shape index (κ2) is 4.23. The zero-order chi connectivity index (χ0) is 9.80. The van der Waals surface area contributed by atoms with Crippen LogP contribution in [0.4, 0.5) is 5.69 Å². The number of nitrogens with one attached hydrogen (secondary N) is 2. The Balaban J connectivity index is 1.88. The smallest absolute Gasteiger partial charge is 0.227 e. The van der Waals surface area contributed by atoms with Crippen LogP contribution in [0.15, 0.2) is 12.4 Å². The Morgan fingerprint density at radius 3 is 3.00 bits per heavy atom. The molecular formula is C9H13N3O2. The van der Waals surface area contributed by atoms with Crippen molar-refractivity contribution in [2.75, 3.05) is 18.5 Å². The van der Waals surface area contributed by atoms with Crippen molar-refractivity contribution in [3.05, 3.63) is 12.4 Å². The molecule has 2 heterocycles. The summed E-state index contributed by atoms with van der Waals surface area (Å²) in [6, 6.07) is 0. The molecule has 76 valence electrons. The number of anilines is 1. The van der Waals surface area contributed by atoms with Crippen molar-refractivity contribution in [2.24, 2.45) is 5.92 Å². The standard InChI is InChI=1S/C9H13N3O2/c13-9(7-1-3-14-4-2-7)12-8-5-10-11-6-8/h5-7H,1-4H2,(H,10,11)(H,12,13). The maximum absolute atomic E-state index is 11.7. The van der Waals surface area contributed by atoms with Gasteiger partial charge >= 0.3 is 0 Å². The van der Waals surface area contributed by atoms with Crippen molar-refractivity contribution in [3.63, 3.8) is 0 Å². The van der Waals surface area contributed by atoms with Crippen molar-refractivity contribution in [1.29, 1.82) is 0 Å².